The number of amidine groups is 1. The van der Waals surface area contributed by atoms with Crippen LogP contribution in [0.1, 0.15) is 30.5 Å². The maximum absolute atomic E-state index is 13.2. The zero-order chi connectivity index (χ0) is 25.1. The van der Waals surface area contributed by atoms with Crippen molar-refractivity contribution in [3.63, 3.8) is 0 Å². The van der Waals surface area contributed by atoms with Crippen molar-refractivity contribution < 1.29 is 28.2 Å². The summed E-state index contributed by atoms with van der Waals surface area (Å²) in [5.74, 6) is -1.76. The van der Waals surface area contributed by atoms with Crippen molar-refractivity contribution in [1.29, 1.82) is 0 Å². The van der Waals surface area contributed by atoms with Gasteiger partial charge in [0.2, 0.25) is 0 Å². The summed E-state index contributed by atoms with van der Waals surface area (Å²) in [4.78, 5) is 19.6. The molecule has 0 aliphatic heterocycles. The number of carboxylic acid groups (broad SMARTS) is 1. The molecule has 0 saturated carbocycles. The number of nitrogens with zero attached hydrogens (tertiary/aromatic N) is 2. The topological polar surface area (TPSA) is 135 Å². The molecule has 180 valence electrons. The van der Waals surface area contributed by atoms with Gasteiger partial charge in [-0.15, -0.1) is 0 Å². The zero-order valence-electron chi connectivity index (χ0n) is 18.4. The van der Waals surface area contributed by atoms with Crippen molar-refractivity contribution in [3.8, 4) is 0 Å². The van der Waals surface area contributed by atoms with E-state index in [4.69, 9.17) is 11.5 Å². The lowest BCUT2D eigenvalue weighted by molar-refractivity contribution is -0.161. The monoisotopic (exact) mass is 474 g/mol. The first-order valence-corrected chi connectivity index (χ1v) is 10.4. The Kier molecular flexibility index (Phi) is 6.99. The van der Waals surface area contributed by atoms with Crippen molar-refractivity contribution >= 4 is 28.9 Å². The minimum absolute atomic E-state index is 0.152. The fraction of sp³-hybridized carbons (Fsp3) is 0.292. The summed E-state index contributed by atoms with van der Waals surface area (Å²) in [5.41, 5.74) is 12.5. The van der Waals surface area contributed by atoms with Gasteiger partial charge in [0.15, 0.2) is 0 Å². The molecule has 0 amide bonds. The molecule has 0 saturated heterocycles. The van der Waals surface area contributed by atoms with E-state index in [0.29, 0.717) is 22.2 Å². The third kappa shape index (κ3) is 5.94. The number of nitrogens with two attached hydrogens (primary N) is 2. The van der Waals surface area contributed by atoms with E-state index in [9.17, 15) is 28.2 Å². The van der Waals surface area contributed by atoms with Crippen molar-refractivity contribution in [1.82, 2.24) is 4.98 Å². The highest BCUT2D eigenvalue weighted by atomic mass is 19.4. The Balaban J connectivity index is 1.96. The molecule has 0 fully saturated rings. The van der Waals surface area contributed by atoms with E-state index in [1.165, 1.54) is 12.1 Å². The molecule has 0 bridgehead atoms. The van der Waals surface area contributed by atoms with Crippen molar-refractivity contribution in [3.05, 3.63) is 70.4 Å². The van der Waals surface area contributed by atoms with E-state index in [-0.39, 0.29) is 23.9 Å². The number of carboxylic acids is 1. The fourth-order valence-corrected chi connectivity index (χ4v) is 4.05. The molecule has 3 rings (SSSR count). The number of halogens is 3. The van der Waals surface area contributed by atoms with Crippen molar-refractivity contribution in [2.24, 2.45) is 21.9 Å². The number of aryl methyl sites for hydroxylation is 2. The highest BCUT2D eigenvalue weighted by Gasteiger charge is 2.48. The number of carbonyl (C=O) groups is 1. The summed E-state index contributed by atoms with van der Waals surface area (Å²) in [7, 11) is 0. The van der Waals surface area contributed by atoms with Gasteiger partial charge < -0.3 is 21.7 Å². The molecule has 0 spiro atoms. The van der Waals surface area contributed by atoms with Gasteiger partial charge in [-0.3, -0.25) is 9.78 Å². The molecular weight excluding hydrogens is 449 g/mol. The first kappa shape index (κ1) is 24.8. The molecule has 1 aromatic heterocycles. The Morgan fingerprint density at radius 1 is 1.24 bits per heavy atom. The van der Waals surface area contributed by atoms with Crippen LogP contribution < -0.4 is 21.9 Å². The number of hydrogen-bond acceptors (Lipinski definition) is 5. The van der Waals surface area contributed by atoms with Crippen LogP contribution in [-0.4, -0.2) is 33.2 Å². The molecule has 7 nitrogen and oxygen atoms in total. The van der Waals surface area contributed by atoms with Gasteiger partial charge in [-0.1, -0.05) is 12.1 Å². The predicted molar refractivity (Wildman–Crippen MR) is 122 cm³/mol. The lowest BCUT2D eigenvalue weighted by Gasteiger charge is -2.35. The van der Waals surface area contributed by atoms with Crippen LogP contribution in [0.4, 0.5) is 18.9 Å². The normalized spacial score (nSPS) is 19.8. The lowest BCUT2D eigenvalue weighted by atomic mass is 9.70. The molecule has 1 aromatic carbocycles. The number of pyridine rings is 1. The van der Waals surface area contributed by atoms with Gasteiger partial charge in [-0.25, -0.2) is 4.99 Å². The van der Waals surface area contributed by atoms with Crippen LogP contribution in [0.3, 0.4) is 0 Å². The molecule has 6 N–H and O–H groups in total. The van der Waals surface area contributed by atoms with Gasteiger partial charge in [-0.2, -0.15) is 13.2 Å². The quantitative estimate of drug-likeness (QED) is 0.376. The molecule has 34 heavy (non-hydrogen) atoms. The number of aliphatic hydroxyl groups excluding tert-OH is 1. The number of aliphatic hydroxyl groups is 1. The van der Waals surface area contributed by atoms with Gasteiger partial charge in [0, 0.05) is 22.0 Å². The van der Waals surface area contributed by atoms with Gasteiger partial charge in [-0.05, 0) is 60.9 Å². The van der Waals surface area contributed by atoms with E-state index in [1.807, 2.05) is 6.92 Å². The number of aliphatic carboxylic acids is 1. The molecule has 10 heteroatoms. The third-order valence-electron chi connectivity index (χ3n) is 5.68. The van der Waals surface area contributed by atoms with Crippen LogP contribution >= 0.6 is 0 Å². The average molecular weight is 474 g/mol. The average Bonchev–Trinajstić information content (AvgIpc) is 2.74. The maximum Gasteiger partial charge on any atom is 0.390 e. The number of benzene rings is 1. The smallest absolute Gasteiger partial charge is 0.390 e. The molecule has 1 aliphatic rings. The van der Waals surface area contributed by atoms with E-state index in [2.05, 4.69) is 9.98 Å². The first-order chi connectivity index (χ1) is 15.9. The summed E-state index contributed by atoms with van der Waals surface area (Å²) in [5, 5.41) is 20.7. The van der Waals surface area contributed by atoms with Crippen LogP contribution in [0.15, 0.2) is 53.7 Å². The Hall–Kier alpha value is -3.82. The lowest BCUT2D eigenvalue weighted by Crippen LogP contribution is -2.40. The first-order valence-electron chi connectivity index (χ1n) is 10.4. The van der Waals surface area contributed by atoms with E-state index in [1.54, 1.807) is 36.5 Å². The molecule has 1 heterocycles. The summed E-state index contributed by atoms with van der Waals surface area (Å²) in [6, 6.07) is 8.25. The highest BCUT2D eigenvalue weighted by Crippen LogP contribution is 2.46. The van der Waals surface area contributed by atoms with Crippen LogP contribution in [0.5, 0.6) is 0 Å². The predicted octanol–water partition coefficient (Wildman–Crippen LogP) is 2.73. The number of rotatable bonds is 6. The Bertz CT molecular complexity index is 1270. The summed E-state index contributed by atoms with van der Waals surface area (Å²) < 4.78 is 39.6. The minimum Gasteiger partial charge on any atom is -0.511 e. The van der Waals surface area contributed by atoms with Gasteiger partial charge in [0.1, 0.15) is 11.6 Å². The number of aromatic nitrogens is 1. The molecule has 1 unspecified atom stereocenters. The van der Waals surface area contributed by atoms with Crippen LogP contribution in [0.2, 0.25) is 0 Å². The largest absolute Gasteiger partial charge is 0.511 e. The highest BCUT2D eigenvalue weighted by molar-refractivity contribution is 5.94. The standard InChI is InChI=1S/C24H25F3N4O3/c1-14-2-4-17(12-30-14)31-20(29)7-6-19(28)16-3-5-18-15(10-16)8-9-23(22(18)34,11-21(32)33)13-24(25,26)27/h2-7,10,12,34H,8-9,11,13,28H2,1H3,(H2,29,31)(H,32,33). The second-order valence-corrected chi connectivity index (χ2v) is 8.35. The number of alkyl halides is 3. The number of fused-ring (bicyclic) bond motifs is 1. The Morgan fingerprint density at radius 3 is 2.59 bits per heavy atom. The number of hydrogen-bond donors (Lipinski definition) is 4. The Morgan fingerprint density at radius 2 is 1.97 bits per heavy atom. The van der Waals surface area contributed by atoms with Crippen molar-refractivity contribution in [2.75, 3.05) is 0 Å². The summed E-state index contributed by atoms with van der Waals surface area (Å²) >= 11 is 0. The maximum atomic E-state index is 13.2. The molecule has 0 radical (unpaired) electrons. The van der Waals surface area contributed by atoms with Gasteiger partial charge >= 0.3 is 12.1 Å². The molecular formula is C24H25F3N4O3. The van der Waals surface area contributed by atoms with Crippen LogP contribution in [-0.2, 0) is 11.2 Å². The van der Waals surface area contributed by atoms with E-state index >= 15 is 0 Å². The molecule has 1 atom stereocenters. The summed E-state index contributed by atoms with van der Waals surface area (Å²) in [6.45, 7) is 1.85. The van der Waals surface area contributed by atoms with E-state index in [0.717, 1.165) is 5.69 Å². The molecule has 2 aromatic rings. The SMILES string of the molecule is Cc1ccc(N=C(N)C=CC(N)=c2ccc3c(c2)CCC(CC(=O)O)(CC(F)(F)F)C=3O)cn1. The number of aliphatic imine (C=N–C) groups is 1. The van der Waals surface area contributed by atoms with Crippen molar-refractivity contribution in [2.45, 2.75) is 38.8 Å². The summed E-state index contributed by atoms with van der Waals surface area (Å²) in [6.07, 6.45) is -2.19. The van der Waals surface area contributed by atoms with Gasteiger partial charge in [0.05, 0.1) is 24.7 Å². The van der Waals surface area contributed by atoms with Gasteiger partial charge in [0.25, 0.3) is 0 Å². The second-order valence-electron chi connectivity index (χ2n) is 8.35. The fourth-order valence-electron chi connectivity index (χ4n) is 4.05. The minimum atomic E-state index is -4.62. The zero-order valence-corrected chi connectivity index (χ0v) is 18.4. The van der Waals surface area contributed by atoms with Crippen LogP contribution in [0.25, 0.3) is 11.5 Å². The second kappa shape index (κ2) is 9.58. The van der Waals surface area contributed by atoms with E-state index < -0.39 is 36.2 Å². The Labute approximate surface area is 193 Å². The van der Waals surface area contributed by atoms with Crippen LogP contribution in [0, 0.1) is 12.3 Å². The molecule has 1 aliphatic carbocycles. The third-order valence-corrected chi connectivity index (χ3v) is 5.68.